The second kappa shape index (κ2) is 8.59. The summed E-state index contributed by atoms with van der Waals surface area (Å²) < 4.78 is 15.3. The van der Waals surface area contributed by atoms with Gasteiger partial charge in [-0.25, -0.2) is 14.4 Å². The fourth-order valence-corrected chi connectivity index (χ4v) is 4.19. The summed E-state index contributed by atoms with van der Waals surface area (Å²) in [5, 5.41) is 6.53. The van der Waals surface area contributed by atoms with E-state index < -0.39 is 0 Å². The zero-order valence-corrected chi connectivity index (χ0v) is 17.1. The third kappa shape index (κ3) is 4.72. The number of hydrogen-bond acceptors (Lipinski definition) is 5. The number of nitrogens with one attached hydrogen (secondary N) is 1. The molecule has 29 heavy (non-hydrogen) atoms. The monoisotopic (exact) mass is 424 g/mol. The lowest BCUT2D eigenvalue weighted by molar-refractivity contribution is -0.113. The first kappa shape index (κ1) is 19.4. The molecule has 0 aliphatic heterocycles. The third-order valence-electron chi connectivity index (χ3n) is 4.09. The Kier molecular flexibility index (Phi) is 5.73. The van der Waals surface area contributed by atoms with E-state index in [-0.39, 0.29) is 17.5 Å². The van der Waals surface area contributed by atoms with Crippen molar-refractivity contribution in [2.24, 2.45) is 0 Å². The number of thiazole rings is 1. The normalized spacial score (nSPS) is 10.8. The van der Waals surface area contributed by atoms with Crippen LogP contribution in [0.5, 0.6) is 0 Å². The summed E-state index contributed by atoms with van der Waals surface area (Å²) >= 11 is 2.88. The van der Waals surface area contributed by atoms with Gasteiger partial charge in [0, 0.05) is 29.0 Å². The SMILES string of the molecule is Cc1nc(-c2cccc(NC(=O)CSc3nccn3-c3cccc(F)c3)c2)cs1. The van der Waals surface area contributed by atoms with Gasteiger partial charge in [-0.2, -0.15) is 0 Å². The molecule has 1 amide bonds. The third-order valence-corrected chi connectivity index (χ3v) is 5.83. The number of imidazole rings is 1. The van der Waals surface area contributed by atoms with Gasteiger partial charge in [0.25, 0.3) is 0 Å². The fourth-order valence-electron chi connectivity index (χ4n) is 2.80. The maximum Gasteiger partial charge on any atom is 0.234 e. The number of aromatic nitrogens is 3. The second-order valence-corrected chi connectivity index (χ2v) is 8.23. The topological polar surface area (TPSA) is 59.8 Å². The summed E-state index contributed by atoms with van der Waals surface area (Å²) in [6.07, 6.45) is 3.37. The minimum atomic E-state index is -0.319. The van der Waals surface area contributed by atoms with Crippen LogP contribution in [0.25, 0.3) is 16.9 Å². The molecule has 0 aliphatic rings. The zero-order valence-electron chi connectivity index (χ0n) is 15.5. The summed E-state index contributed by atoms with van der Waals surface area (Å²) in [5.41, 5.74) is 3.24. The standard InChI is InChI=1S/C21H17FN4OS2/c1-14-24-19(12-28-14)15-4-2-6-17(10-15)25-20(27)13-29-21-23-8-9-26(21)18-7-3-5-16(22)11-18/h2-12H,13H2,1H3,(H,25,27). The highest BCUT2D eigenvalue weighted by Gasteiger charge is 2.11. The number of nitrogens with zero attached hydrogens (tertiary/aromatic N) is 3. The fraction of sp³-hybridized carbons (Fsp3) is 0.0952. The van der Waals surface area contributed by atoms with E-state index in [2.05, 4.69) is 15.3 Å². The first-order valence-electron chi connectivity index (χ1n) is 8.83. The van der Waals surface area contributed by atoms with Gasteiger partial charge in [-0.05, 0) is 37.3 Å². The molecule has 1 N–H and O–H groups in total. The highest BCUT2D eigenvalue weighted by molar-refractivity contribution is 7.99. The molecule has 4 rings (SSSR count). The van der Waals surface area contributed by atoms with Gasteiger partial charge in [-0.1, -0.05) is 30.0 Å². The molecule has 0 spiro atoms. The number of rotatable bonds is 6. The quantitative estimate of drug-likeness (QED) is 0.434. The molecular formula is C21H17FN4OS2. The van der Waals surface area contributed by atoms with Crippen molar-refractivity contribution < 1.29 is 9.18 Å². The molecule has 0 saturated carbocycles. The molecule has 0 atom stereocenters. The van der Waals surface area contributed by atoms with Crippen molar-refractivity contribution in [2.75, 3.05) is 11.1 Å². The lowest BCUT2D eigenvalue weighted by atomic mass is 10.1. The van der Waals surface area contributed by atoms with Crippen LogP contribution in [0.1, 0.15) is 5.01 Å². The minimum Gasteiger partial charge on any atom is -0.325 e. The highest BCUT2D eigenvalue weighted by Crippen LogP contribution is 2.25. The van der Waals surface area contributed by atoms with Crippen LogP contribution < -0.4 is 5.32 Å². The number of amides is 1. The minimum absolute atomic E-state index is 0.143. The van der Waals surface area contributed by atoms with Crippen molar-refractivity contribution in [1.82, 2.24) is 14.5 Å². The Bertz CT molecular complexity index is 1150. The largest absolute Gasteiger partial charge is 0.325 e. The van der Waals surface area contributed by atoms with Crippen LogP contribution in [-0.4, -0.2) is 26.2 Å². The Morgan fingerprint density at radius 2 is 2.10 bits per heavy atom. The first-order chi connectivity index (χ1) is 14.1. The molecule has 0 fully saturated rings. The molecule has 4 aromatic rings. The Morgan fingerprint density at radius 1 is 1.24 bits per heavy atom. The van der Waals surface area contributed by atoms with E-state index >= 15 is 0 Å². The number of hydrogen-bond donors (Lipinski definition) is 1. The highest BCUT2D eigenvalue weighted by atomic mass is 32.2. The van der Waals surface area contributed by atoms with Gasteiger partial charge in [-0.3, -0.25) is 9.36 Å². The van der Waals surface area contributed by atoms with Crippen molar-refractivity contribution >= 4 is 34.7 Å². The van der Waals surface area contributed by atoms with E-state index in [9.17, 15) is 9.18 Å². The number of halogens is 1. The van der Waals surface area contributed by atoms with E-state index in [1.807, 2.05) is 36.6 Å². The molecule has 0 bridgehead atoms. The Hall–Kier alpha value is -2.97. The molecular weight excluding hydrogens is 407 g/mol. The number of anilines is 1. The van der Waals surface area contributed by atoms with Gasteiger partial charge < -0.3 is 5.32 Å². The molecule has 5 nitrogen and oxygen atoms in total. The molecule has 2 aromatic heterocycles. The van der Waals surface area contributed by atoms with Crippen LogP contribution in [0.4, 0.5) is 10.1 Å². The van der Waals surface area contributed by atoms with E-state index in [1.54, 1.807) is 40.4 Å². The van der Waals surface area contributed by atoms with Crippen molar-refractivity contribution in [3.05, 3.63) is 77.1 Å². The lowest BCUT2D eigenvalue weighted by Crippen LogP contribution is -2.14. The van der Waals surface area contributed by atoms with E-state index in [4.69, 9.17) is 0 Å². The van der Waals surface area contributed by atoms with E-state index in [0.717, 1.165) is 16.3 Å². The van der Waals surface area contributed by atoms with Crippen LogP contribution >= 0.6 is 23.1 Å². The van der Waals surface area contributed by atoms with Crippen molar-refractivity contribution in [3.8, 4) is 16.9 Å². The molecule has 2 heterocycles. The predicted octanol–water partition coefficient (Wildman–Crippen LogP) is 5.17. The summed E-state index contributed by atoms with van der Waals surface area (Å²) in [5.74, 6) is -0.276. The summed E-state index contributed by atoms with van der Waals surface area (Å²) in [4.78, 5) is 21.2. The number of aryl methyl sites for hydroxylation is 1. The maximum atomic E-state index is 13.5. The molecule has 0 saturated heterocycles. The second-order valence-electron chi connectivity index (χ2n) is 6.23. The van der Waals surface area contributed by atoms with Crippen LogP contribution in [0, 0.1) is 12.7 Å². The smallest absolute Gasteiger partial charge is 0.234 e. The van der Waals surface area contributed by atoms with Gasteiger partial charge in [0.1, 0.15) is 5.82 Å². The van der Waals surface area contributed by atoms with Gasteiger partial charge in [-0.15, -0.1) is 11.3 Å². The van der Waals surface area contributed by atoms with Gasteiger partial charge in [0.2, 0.25) is 5.91 Å². The predicted molar refractivity (Wildman–Crippen MR) is 115 cm³/mol. The first-order valence-corrected chi connectivity index (χ1v) is 10.7. The van der Waals surface area contributed by atoms with E-state index in [1.165, 1.54) is 23.9 Å². The number of carbonyl (C=O) groups is 1. The van der Waals surface area contributed by atoms with Crippen LogP contribution in [0.15, 0.2) is 71.5 Å². The molecule has 0 aliphatic carbocycles. The van der Waals surface area contributed by atoms with Crippen molar-refractivity contribution in [3.63, 3.8) is 0 Å². The summed E-state index contributed by atoms with van der Waals surface area (Å²) in [6, 6.07) is 13.9. The number of benzene rings is 2. The van der Waals surface area contributed by atoms with Gasteiger partial charge >= 0.3 is 0 Å². The maximum absolute atomic E-state index is 13.5. The summed E-state index contributed by atoms with van der Waals surface area (Å²) in [6.45, 7) is 1.96. The lowest BCUT2D eigenvalue weighted by Gasteiger charge is -2.09. The van der Waals surface area contributed by atoms with Crippen LogP contribution in [-0.2, 0) is 4.79 Å². The number of carbonyl (C=O) groups excluding carboxylic acids is 1. The molecule has 0 radical (unpaired) electrons. The van der Waals surface area contributed by atoms with Gasteiger partial charge in [0.15, 0.2) is 5.16 Å². The summed E-state index contributed by atoms with van der Waals surface area (Å²) in [7, 11) is 0. The molecule has 146 valence electrons. The average Bonchev–Trinajstić information content (AvgIpc) is 3.35. The van der Waals surface area contributed by atoms with Crippen molar-refractivity contribution in [2.45, 2.75) is 12.1 Å². The Morgan fingerprint density at radius 3 is 2.90 bits per heavy atom. The average molecular weight is 425 g/mol. The zero-order chi connectivity index (χ0) is 20.2. The van der Waals surface area contributed by atoms with Crippen molar-refractivity contribution in [1.29, 1.82) is 0 Å². The Labute approximate surface area is 175 Å². The van der Waals surface area contributed by atoms with Gasteiger partial charge in [0.05, 0.1) is 22.1 Å². The Balaban J connectivity index is 1.41. The van der Waals surface area contributed by atoms with E-state index in [0.29, 0.717) is 16.5 Å². The molecule has 2 aromatic carbocycles. The van der Waals surface area contributed by atoms with Crippen LogP contribution in [0.2, 0.25) is 0 Å². The molecule has 8 heteroatoms. The van der Waals surface area contributed by atoms with Crippen LogP contribution in [0.3, 0.4) is 0 Å². The number of thioether (sulfide) groups is 1. The molecule has 0 unspecified atom stereocenters.